The molecule has 1 aromatic carbocycles. The van der Waals surface area contributed by atoms with Crippen LogP contribution in [0.4, 0.5) is 0 Å². The predicted molar refractivity (Wildman–Crippen MR) is 104 cm³/mol. The zero-order valence-electron chi connectivity index (χ0n) is 16.0. The molecule has 3 atom stereocenters. The summed E-state index contributed by atoms with van der Waals surface area (Å²) in [6.45, 7) is 5.30. The van der Waals surface area contributed by atoms with Gasteiger partial charge in [-0.15, -0.1) is 0 Å². The third kappa shape index (κ3) is 3.78. The highest BCUT2D eigenvalue weighted by Crippen LogP contribution is 2.41. The number of benzene rings is 1. The van der Waals surface area contributed by atoms with Crippen LogP contribution in [0.25, 0.3) is 0 Å². The molecule has 3 heterocycles. The Morgan fingerprint density at radius 1 is 1.07 bits per heavy atom. The molecule has 3 saturated heterocycles. The first-order valence-electron chi connectivity index (χ1n) is 10.5. The Morgan fingerprint density at radius 2 is 1.85 bits per heavy atom. The number of carbonyl (C=O) groups is 1. The van der Waals surface area contributed by atoms with Gasteiger partial charge in [-0.05, 0) is 31.2 Å². The summed E-state index contributed by atoms with van der Waals surface area (Å²) in [6.07, 6.45) is 4.61. The highest BCUT2D eigenvalue weighted by atomic mass is 16.5. The highest BCUT2D eigenvalue weighted by Gasteiger charge is 2.42. The van der Waals surface area contributed by atoms with Crippen molar-refractivity contribution >= 4 is 5.91 Å². The lowest BCUT2D eigenvalue weighted by Crippen LogP contribution is -2.58. The summed E-state index contributed by atoms with van der Waals surface area (Å²) in [4.78, 5) is 16.9. The van der Waals surface area contributed by atoms with E-state index in [0.717, 1.165) is 39.2 Å². The van der Waals surface area contributed by atoms with Gasteiger partial charge in [-0.25, -0.2) is 0 Å². The fraction of sp³-hybridized carbons (Fsp3) is 0.636. The lowest BCUT2D eigenvalue weighted by molar-refractivity contribution is -0.139. The third-order valence-corrected chi connectivity index (χ3v) is 6.75. The number of hydrogen-bond donors (Lipinski definition) is 1. The minimum absolute atomic E-state index is 0.109. The molecule has 3 aliphatic heterocycles. The van der Waals surface area contributed by atoms with Gasteiger partial charge in [-0.1, -0.05) is 30.3 Å². The monoisotopic (exact) mass is 368 g/mol. The van der Waals surface area contributed by atoms with Crippen LogP contribution >= 0.6 is 0 Å². The molecule has 1 radical (unpaired) electrons. The third-order valence-electron chi connectivity index (χ3n) is 6.75. The molecule has 4 aliphatic rings. The van der Waals surface area contributed by atoms with Crippen molar-refractivity contribution in [1.29, 1.82) is 0 Å². The molecular formula is C22H30N3O2. The molecule has 1 aliphatic carbocycles. The van der Waals surface area contributed by atoms with Gasteiger partial charge < -0.3 is 15.0 Å². The van der Waals surface area contributed by atoms with Crippen LogP contribution in [-0.2, 0) is 9.53 Å². The molecular weight excluding hydrogens is 338 g/mol. The first-order chi connectivity index (χ1) is 13.3. The second kappa shape index (κ2) is 7.53. The summed E-state index contributed by atoms with van der Waals surface area (Å²) in [5.41, 5.74) is 1.48. The second-order valence-electron chi connectivity index (χ2n) is 8.61. The fourth-order valence-corrected chi connectivity index (χ4v) is 4.85. The Balaban J connectivity index is 1.02. The van der Waals surface area contributed by atoms with Crippen molar-refractivity contribution in [2.75, 3.05) is 39.4 Å². The number of ether oxygens (including phenoxy) is 1. The van der Waals surface area contributed by atoms with Crippen molar-refractivity contribution in [3.63, 3.8) is 0 Å². The first kappa shape index (κ1) is 17.7. The van der Waals surface area contributed by atoms with Crippen molar-refractivity contribution in [3.8, 4) is 0 Å². The maximum absolute atomic E-state index is 12.4. The zero-order valence-corrected chi connectivity index (χ0v) is 16.0. The van der Waals surface area contributed by atoms with E-state index in [-0.39, 0.29) is 5.92 Å². The summed E-state index contributed by atoms with van der Waals surface area (Å²) in [5.74, 6) is 1.12. The summed E-state index contributed by atoms with van der Waals surface area (Å²) < 4.78 is 5.35. The number of likely N-dealkylation sites (tertiary alicyclic amines) is 2. The van der Waals surface area contributed by atoms with Gasteiger partial charge in [0.05, 0.1) is 18.6 Å². The van der Waals surface area contributed by atoms with E-state index in [1.54, 1.807) is 0 Å². The molecule has 1 aromatic rings. The molecule has 1 amide bonds. The molecule has 0 spiro atoms. The standard InChI is InChI=1S/C22H30N3O2/c26-22(17-8-11-27-15-17)25-13-19(14-25)24-9-6-18(7-10-24)23-21-12-20(21)16-4-2-1-3-5-16/h1-5,17-18,20-21,23H,6-15H2/t17-,20-,21+/m0/s1. The Kier molecular flexibility index (Phi) is 4.92. The zero-order chi connectivity index (χ0) is 18.2. The lowest BCUT2D eigenvalue weighted by atomic mass is 9.97. The van der Waals surface area contributed by atoms with Crippen molar-refractivity contribution in [2.45, 2.75) is 43.7 Å². The van der Waals surface area contributed by atoms with Gasteiger partial charge in [0, 0.05) is 50.8 Å². The minimum atomic E-state index is 0.109. The minimum Gasteiger partial charge on any atom is -0.381 e. The van der Waals surface area contributed by atoms with Crippen LogP contribution in [0.2, 0.25) is 0 Å². The van der Waals surface area contributed by atoms with Gasteiger partial charge in [-0.3, -0.25) is 9.69 Å². The number of amides is 1. The Hall–Kier alpha value is -1.43. The smallest absolute Gasteiger partial charge is 0.228 e. The van der Waals surface area contributed by atoms with Crippen molar-refractivity contribution in [2.24, 2.45) is 5.92 Å². The Morgan fingerprint density at radius 3 is 2.56 bits per heavy atom. The van der Waals surface area contributed by atoms with Gasteiger partial charge in [-0.2, -0.15) is 0 Å². The van der Waals surface area contributed by atoms with Gasteiger partial charge >= 0.3 is 0 Å². The normalized spacial score (nSPS) is 32.4. The summed E-state index contributed by atoms with van der Waals surface area (Å²) >= 11 is 0. The molecule has 0 aromatic heterocycles. The van der Waals surface area contributed by atoms with E-state index < -0.39 is 0 Å². The number of piperidine rings is 1. The topological polar surface area (TPSA) is 44.8 Å². The van der Waals surface area contributed by atoms with Crippen LogP contribution in [0, 0.1) is 12.0 Å². The van der Waals surface area contributed by atoms with E-state index in [2.05, 4.69) is 40.5 Å². The van der Waals surface area contributed by atoms with Crippen LogP contribution in [0.15, 0.2) is 30.3 Å². The molecule has 0 bridgehead atoms. The van der Waals surface area contributed by atoms with Crippen LogP contribution in [0.1, 0.15) is 37.2 Å². The fourth-order valence-electron chi connectivity index (χ4n) is 4.85. The number of hydrogen-bond acceptors (Lipinski definition) is 4. The van der Waals surface area contributed by atoms with Gasteiger partial charge in [0.15, 0.2) is 0 Å². The average Bonchev–Trinajstić information content (AvgIpc) is 3.21. The number of nitrogens with one attached hydrogen (secondary N) is 1. The molecule has 4 fully saturated rings. The van der Waals surface area contributed by atoms with Crippen molar-refractivity contribution in [1.82, 2.24) is 15.1 Å². The maximum atomic E-state index is 12.4. The molecule has 5 heteroatoms. The number of carbonyl (C=O) groups excluding carboxylic acids is 1. The van der Waals surface area contributed by atoms with E-state index >= 15 is 0 Å². The van der Waals surface area contributed by atoms with E-state index in [9.17, 15) is 4.79 Å². The van der Waals surface area contributed by atoms with Crippen LogP contribution in [0.5, 0.6) is 0 Å². The quantitative estimate of drug-likeness (QED) is 0.864. The predicted octanol–water partition coefficient (Wildman–Crippen LogP) is 2.01. The largest absolute Gasteiger partial charge is 0.381 e. The van der Waals surface area contributed by atoms with Crippen LogP contribution in [-0.4, -0.2) is 67.2 Å². The van der Waals surface area contributed by atoms with E-state index in [1.165, 1.54) is 30.9 Å². The number of nitrogens with zero attached hydrogens (tertiary/aromatic N) is 2. The Labute approximate surface area is 162 Å². The first-order valence-corrected chi connectivity index (χ1v) is 10.5. The maximum Gasteiger partial charge on any atom is 0.228 e. The summed E-state index contributed by atoms with van der Waals surface area (Å²) in [5, 5.41) is 3.89. The lowest BCUT2D eigenvalue weighted by Gasteiger charge is -2.47. The van der Waals surface area contributed by atoms with E-state index in [1.807, 2.05) is 4.90 Å². The SMILES string of the molecule is O=C([C@H]1CCOC1)N1C[C](N2CCC(N[C@@H]3C[C@H]3c3ccccc3)CC2)C1. The Bertz CT molecular complexity index is 647. The van der Waals surface area contributed by atoms with Crippen molar-refractivity contribution in [3.05, 3.63) is 41.9 Å². The van der Waals surface area contributed by atoms with Crippen LogP contribution in [0.3, 0.4) is 0 Å². The molecule has 27 heavy (non-hydrogen) atoms. The molecule has 145 valence electrons. The van der Waals surface area contributed by atoms with E-state index in [0.29, 0.717) is 30.5 Å². The highest BCUT2D eigenvalue weighted by molar-refractivity contribution is 5.80. The van der Waals surface area contributed by atoms with Crippen LogP contribution < -0.4 is 5.32 Å². The van der Waals surface area contributed by atoms with Gasteiger partial charge in [0.2, 0.25) is 5.91 Å². The summed E-state index contributed by atoms with van der Waals surface area (Å²) in [6, 6.07) is 13.7. The van der Waals surface area contributed by atoms with E-state index in [4.69, 9.17) is 4.74 Å². The average molecular weight is 369 g/mol. The van der Waals surface area contributed by atoms with Gasteiger partial charge in [0.1, 0.15) is 0 Å². The second-order valence-corrected chi connectivity index (χ2v) is 8.61. The molecule has 5 rings (SSSR count). The molecule has 5 nitrogen and oxygen atoms in total. The molecule has 1 N–H and O–H groups in total. The van der Waals surface area contributed by atoms with Gasteiger partial charge in [0.25, 0.3) is 0 Å². The molecule has 0 unspecified atom stereocenters. The van der Waals surface area contributed by atoms with Crippen molar-refractivity contribution < 1.29 is 9.53 Å². The number of rotatable bonds is 5. The molecule has 1 saturated carbocycles. The summed E-state index contributed by atoms with van der Waals surface area (Å²) in [7, 11) is 0.